The number of aromatic nitrogens is 1. The van der Waals surface area contributed by atoms with E-state index in [2.05, 4.69) is 28.3 Å². The summed E-state index contributed by atoms with van der Waals surface area (Å²) in [6, 6.07) is 4.40. The molecular formula is C11H13ClN2OS2. The molecule has 0 amide bonds. The molecule has 1 N–H and O–H groups in total. The molecular weight excluding hydrogens is 276 g/mol. The Balaban J connectivity index is 2.21. The van der Waals surface area contributed by atoms with E-state index in [0.29, 0.717) is 10.0 Å². The van der Waals surface area contributed by atoms with E-state index >= 15 is 0 Å². The quantitative estimate of drug-likeness (QED) is 0.935. The smallest absolute Gasteiger partial charge is 0.187 e. The first kappa shape index (κ1) is 12.8. The fourth-order valence-electron chi connectivity index (χ4n) is 1.46. The van der Waals surface area contributed by atoms with Crippen LogP contribution in [0, 0.1) is 0 Å². The fraction of sp³-hybridized carbons (Fsp3) is 0.364. The second-order valence-corrected chi connectivity index (χ2v) is 6.07. The molecule has 3 nitrogen and oxygen atoms in total. The summed E-state index contributed by atoms with van der Waals surface area (Å²) in [5.41, 5.74) is 0. The van der Waals surface area contributed by atoms with Gasteiger partial charge in [0.2, 0.25) is 0 Å². The van der Waals surface area contributed by atoms with Gasteiger partial charge >= 0.3 is 0 Å². The first-order valence-electron chi connectivity index (χ1n) is 5.15. The molecule has 2 aromatic heterocycles. The second kappa shape index (κ2) is 5.35. The third-order valence-electron chi connectivity index (χ3n) is 2.62. The zero-order valence-electron chi connectivity index (χ0n) is 9.55. The minimum atomic E-state index is -0.0578. The summed E-state index contributed by atoms with van der Waals surface area (Å²) < 4.78 is 0. The molecule has 92 valence electrons. The summed E-state index contributed by atoms with van der Waals surface area (Å²) >= 11 is 9.09. The van der Waals surface area contributed by atoms with Gasteiger partial charge in [-0.25, -0.2) is 4.98 Å². The van der Waals surface area contributed by atoms with Crippen LogP contribution < -0.4 is 4.90 Å². The molecule has 0 aliphatic rings. The highest BCUT2D eigenvalue weighted by Gasteiger charge is 2.18. The number of anilines is 1. The molecule has 1 atom stereocenters. The first-order chi connectivity index (χ1) is 8.13. The average Bonchev–Trinajstić information content (AvgIpc) is 2.95. The van der Waals surface area contributed by atoms with Gasteiger partial charge in [-0.2, -0.15) is 0 Å². The molecule has 0 saturated carbocycles. The van der Waals surface area contributed by atoms with Crippen molar-refractivity contribution in [1.82, 2.24) is 4.98 Å². The Hall–Kier alpha value is -0.620. The Morgan fingerprint density at radius 2 is 2.35 bits per heavy atom. The predicted octanol–water partition coefficient (Wildman–Crippen LogP) is 3.55. The molecule has 0 bridgehead atoms. The van der Waals surface area contributed by atoms with Gasteiger partial charge in [0, 0.05) is 11.9 Å². The van der Waals surface area contributed by atoms with Crippen LogP contribution in [0.3, 0.4) is 0 Å². The van der Waals surface area contributed by atoms with Crippen LogP contribution in [0.15, 0.2) is 17.5 Å². The van der Waals surface area contributed by atoms with Crippen molar-refractivity contribution in [3.63, 3.8) is 0 Å². The summed E-state index contributed by atoms with van der Waals surface area (Å²) in [5, 5.41) is 12.4. The highest BCUT2D eigenvalue weighted by molar-refractivity contribution is 7.16. The maximum Gasteiger partial charge on any atom is 0.187 e. The molecule has 0 saturated heterocycles. The molecule has 17 heavy (non-hydrogen) atoms. The highest BCUT2D eigenvalue weighted by Crippen LogP contribution is 2.34. The molecule has 2 aromatic rings. The molecule has 2 rings (SSSR count). The van der Waals surface area contributed by atoms with Gasteiger partial charge in [0.25, 0.3) is 0 Å². The number of hydrogen-bond acceptors (Lipinski definition) is 5. The van der Waals surface area contributed by atoms with Crippen molar-refractivity contribution >= 4 is 39.4 Å². The van der Waals surface area contributed by atoms with E-state index in [1.807, 2.05) is 13.1 Å². The molecule has 2 heterocycles. The number of hydrogen-bond donors (Lipinski definition) is 1. The van der Waals surface area contributed by atoms with Gasteiger partial charge in [-0.15, -0.1) is 11.3 Å². The van der Waals surface area contributed by atoms with E-state index in [1.54, 1.807) is 11.3 Å². The molecule has 6 heteroatoms. The number of aliphatic hydroxyl groups excluding tert-OH is 1. The number of halogens is 1. The van der Waals surface area contributed by atoms with E-state index in [9.17, 15) is 0 Å². The van der Waals surface area contributed by atoms with E-state index in [1.165, 1.54) is 16.2 Å². The number of aliphatic hydroxyl groups is 1. The minimum Gasteiger partial charge on any atom is -0.391 e. The number of nitrogens with zero attached hydrogens (tertiary/aromatic N) is 2. The van der Waals surface area contributed by atoms with Crippen molar-refractivity contribution in [3.05, 3.63) is 32.4 Å². The lowest BCUT2D eigenvalue weighted by atomic mass is 10.2. The van der Waals surface area contributed by atoms with Crippen LogP contribution in [0.1, 0.15) is 22.7 Å². The third kappa shape index (κ3) is 2.63. The molecule has 0 spiro atoms. The summed E-state index contributed by atoms with van der Waals surface area (Å²) in [6.45, 7) is 2.07. The molecule has 0 aliphatic carbocycles. The van der Waals surface area contributed by atoms with E-state index in [4.69, 9.17) is 16.7 Å². The van der Waals surface area contributed by atoms with Gasteiger partial charge in [-0.05, 0) is 18.4 Å². The second-order valence-electron chi connectivity index (χ2n) is 3.67. The summed E-state index contributed by atoms with van der Waals surface area (Å²) in [4.78, 5) is 8.33. The predicted molar refractivity (Wildman–Crippen MR) is 74.2 cm³/mol. The lowest BCUT2D eigenvalue weighted by Crippen LogP contribution is -2.20. The summed E-state index contributed by atoms with van der Waals surface area (Å²) in [7, 11) is 1.99. The standard InChI is InChI=1S/C11H13ClN2OS2/c1-7(8-4-3-5-16-8)14(2)11-13-10(12)9(6-15)17-11/h3-5,7,15H,6H2,1-2H3. The van der Waals surface area contributed by atoms with Crippen LogP contribution >= 0.6 is 34.3 Å². The lowest BCUT2D eigenvalue weighted by molar-refractivity contribution is 0.285. The third-order valence-corrected chi connectivity index (χ3v) is 5.22. The Morgan fingerprint density at radius 3 is 2.88 bits per heavy atom. The van der Waals surface area contributed by atoms with Gasteiger partial charge < -0.3 is 10.0 Å². The van der Waals surface area contributed by atoms with Crippen molar-refractivity contribution in [2.75, 3.05) is 11.9 Å². The first-order valence-corrected chi connectivity index (χ1v) is 7.23. The van der Waals surface area contributed by atoms with Crippen LogP contribution in [0.25, 0.3) is 0 Å². The molecule has 0 radical (unpaired) electrons. The zero-order valence-corrected chi connectivity index (χ0v) is 11.9. The van der Waals surface area contributed by atoms with Crippen LogP contribution in [-0.4, -0.2) is 17.1 Å². The number of thiazole rings is 1. The molecule has 0 aliphatic heterocycles. The Kier molecular flexibility index (Phi) is 4.04. The minimum absolute atomic E-state index is 0.0578. The normalized spacial score (nSPS) is 12.7. The largest absolute Gasteiger partial charge is 0.391 e. The van der Waals surface area contributed by atoms with E-state index < -0.39 is 0 Å². The fourth-order valence-corrected chi connectivity index (χ4v) is 3.44. The maximum atomic E-state index is 9.11. The van der Waals surface area contributed by atoms with Crippen LogP contribution in [0.4, 0.5) is 5.13 Å². The average molecular weight is 289 g/mol. The van der Waals surface area contributed by atoms with Crippen LogP contribution in [0.2, 0.25) is 5.15 Å². The van der Waals surface area contributed by atoms with Gasteiger partial charge in [0.05, 0.1) is 17.5 Å². The van der Waals surface area contributed by atoms with Crippen molar-refractivity contribution < 1.29 is 5.11 Å². The van der Waals surface area contributed by atoms with E-state index in [0.717, 1.165) is 5.13 Å². The van der Waals surface area contributed by atoms with Crippen molar-refractivity contribution in [3.8, 4) is 0 Å². The van der Waals surface area contributed by atoms with Crippen LogP contribution in [-0.2, 0) is 6.61 Å². The van der Waals surface area contributed by atoms with Crippen LogP contribution in [0.5, 0.6) is 0 Å². The maximum absolute atomic E-state index is 9.11. The number of thiophene rings is 1. The molecule has 0 fully saturated rings. The Labute approximate surface area is 113 Å². The number of rotatable bonds is 4. The molecule has 1 unspecified atom stereocenters. The van der Waals surface area contributed by atoms with Gasteiger partial charge in [-0.3, -0.25) is 0 Å². The highest BCUT2D eigenvalue weighted by atomic mass is 35.5. The molecule has 0 aromatic carbocycles. The summed E-state index contributed by atoms with van der Waals surface area (Å²) in [6.07, 6.45) is 0. The zero-order chi connectivity index (χ0) is 12.4. The van der Waals surface area contributed by atoms with E-state index in [-0.39, 0.29) is 12.6 Å². The van der Waals surface area contributed by atoms with Gasteiger partial charge in [0.15, 0.2) is 5.13 Å². The van der Waals surface area contributed by atoms with Crippen molar-refractivity contribution in [2.45, 2.75) is 19.6 Å². The van der Waals surface area contributed by atoms with Gasteiger partial charge in [0.1, 0.15) is 5.15 Å². The SMILES string of the molecule is CC(c1cccs1)N(C)c1nc(Cl)c(CO)s1. The lowest BCUT2D eigenvalue weighted by Gasteiger charge is -2.23. The summed E-state index contributed by atoms with van der Waals surface area (Å²) in [5.74, 6) is 0. The Morgan fingerprint density at radius 1 is 1.59 bits per heavy atom. The topological polar surface area (TPSA) is 36.4 Å². The van der Waals surface area contributed by atoms with Crippen molar-refractivity contribution in [1.29, 1.82) is 0 Å². The van der Waals surface area contributed by atoms with Crippen molar-refractivity contribution in [2.24, 2.45) is 0 Å². The monoisotopic (exact) mass is 288 g/mol. The Bertz CT molecular complexity index is 484. The van der Waals surface area contributed by atoms with Gasteiger partial charge in [-0.1, -0.05) is 29.0 Å².